The number of aryl methyl sites for hydroxylation is 1. The number of nitrogens with one attached hydrogen (secondary N) is 1. The van der Waals surface area contributed by atoms with Gasteiger partial charge in [-0.1, -0.05) is 18.5 Å². The van der Waals surface area contributed by atoms with Crippen molar-refractivity contribution in [2.24, 2.45) is 5.92 Å². The molecule has 3 heterocycles. The SMILES string of the molecule is Cc1nnc([C@@]23C[C@H](C)C[C@@H](C2)N3C(=O)Nc2ccc(Cl)c(-n3cccn3)c2)o1. The number of likely N-dealkylation sites (tertiary alicyclic amines) is 1. The second kappa shape index (κ2) is 6.59. The van der Waals surface area contributed by atoms with Gasteiger partial charge in [0.25, 0.3) is 0 Å². The Morgan fingerprint density at radius 1 is 1.34 bits per heavy atom. The zero-order valence-electron chi connectivity index (χ0n) is 16.2. The molecular formula is C20H21ClN6O2. The van der Waals surface area contributed by atoms with Gasteiger partial charge < -0.3 is 14.6 Å². The molecule has 5 rings (SSSR count). The molecule has 1 aromatic carbocycles. The van der Waals surface area contributed by atoms with Crippen LogP contribution in [0.1, 0.15) is 38.0 Å². The molecule has 1 saturated heterocycles. The molecule has 8 nitrogen and oxygen atoms in total. The zero-order valence-corrected chi connectivity index (χ0v) is 16.9. The summed E-state index contributed by atoms with van der Waals surface area (Å²) in [6.45, 7) is 3.97. The third kappa shape index (κ3) is 2.90. The molecule has 150 valence electrons. The molecule has 1 aliphatic heterocycles. The van der Waals surface area contributed by atoms with Crippen molar-refractivity contribution in [3.63, 3.8) is 0 Å². The Hall–Kier alpha value is -2.87. The smallest absolute Gasteiger partial charge is 0.323 e. The Labute approximate surface area is 172 Å². The van der Waals surface area contributed by atoms with E-state index in [-0.39, 0.29) is 12.1 Å². The fourth-order valence-electron chi connectivity index (χ4n) is 4.79. The van der Waals surface area contributed by atoms with Crippen LogP contribution in [0.3, 0.4) is 0 Å². The number of benzene rings is 1. The third-order valence-corrected chi connectivity index (χ3v) is 6.17. The number of hydrogen-bond donors (Lipinski definition) is 1. The molecule has 9 heteroatoms. The van der Waals surface area contributed by atoms with Gasteiger partial charge in [0.05, 0.1) is 10.7 Å². The minimum atomic E-state index is -0.523. The van der Waals surface area contributed by atoms with Crippen LogP contribution in [-0.2, 0) is 5.54 Å². The molecule has 2 aliphatic rings. The number of carbonyl (C=O) groups is 1. The predicted molar refractivity (Wildman–Crippen MR) is 107 cm³/mol. The first-order chi connectivity index (χ1) is 14.0. The molecule has 2 aromatic heterocycles. The summed E-state index contributed by atoms with van der Waals surface area (Å²) in [5, 5.41) is 16.0. The molecule has 1 N–H and O–H groups in total. The number of aromatic nitrogens is 4. The van der Waals surface area contributed by atoms with Crippen molar-refractivity contribution < 1.29 is 9.21 Å². The van der Waals surface area contributed by atoms with Crippen molar-refractivity contribution in [3.05, 3.63) is 53.5 Å². The number of urea groups is 1. The van der Waals surface area contributed by atoms with Gasteiger partial charge in [0, 0.05) is 37.5 Å². The minimum absolute atomic E-state index is 0.169. The Kier molecular flexibility index (Phi) is 4.13. The van der Waals surface area contributed by atoms with Crippen molar-refractivity contribution in [1.82, 2.24) is 24.9 Å². The number of rotatable bonds is 3. The maximum atomic E-state index is 13.3. The van der Waals surface area contributed by atoms with Crippen molar-refractivity contribution in [2.45, 2.75) is 44.7 Å². The van der Waals surface area contributed by atoms with E-state index in [1.54, 1.807) is 36.1 Å². The Bertz CT molecular complexity index is 1060. The van der Waals surface area contributed by atoms with E-state index in [1.165, 1.54) is 0 Å². The van der Waals surface area contributed by atoms with Crippen LogP contribution in [-0.4, -0.2) is 37.0 Å². The lowest BCUT2D eigenvalue weighted by Crippen LogP contribution is -2.70. The Morgan fingerprint density at radius 2 is 2.21 bits per heavy atom. The van der Waals surface area contributed by atoms with E-state index in [0.717, 1.165) is 19.3 Å². The number of fused-ring (bicyclic) bond motifs is 2. The molecular weight excluding hydrogens is 392 g/mol. The zero-order chi connectivity index (χ0) is 20.2. The van der Waals surface area contributed by atoms with Gasteiger partial charge in [-0.15, -0.1) is 10.2 Å². The molecule has 1 saturated carbocycles. The lowest BCUT2D eigenvalue weighted by molar-refractivity contribution is -0.110. The van der Waals surface area contributed by atoms with E-state index in [4.69, 9.17) is 16.0 Å². The summed E-state index contributed by atoms with van der Waals surface area (Å²) in [4.78, 5) is 15.1. The molecule has 1 aliphatic carbocycles. The quantitative estimate of drug-likeness (QED) is 0.698. The van der Waals surface area contributed by atoms with Crippen LogP contribution < -0.4 is 5.32 Å². The predicted octanol–water partition coefficient (Wildman–Crippen LogP) is 4.15. The Morgan fingerprint density at radius 3 is 2.93 bits per heavy atom. The molecule has 3 aromatic rings. The summed E-state index contributed by atoms with van der Waals surface area (Å²) in [6.07, 6.45) is 6.13. The standard InChI is InChI=1S/C20H21ClN6O2/c1-12-8-15-11-20(10-12,18-25-24-13(2)29-18)27(15)19(28)23-14-4-5-16(21)17(9-14)26-7-3-6-22-26/h3-7,9,12,15H,8,10-11H2,1-2H3,(H,23,28)/t12-,15+,20-/m1/s1. The summed E-state index contributed by atoms with van der Waals surface area (Å²) >= 11 is 6.31. The number of halogens is 1. The van der Waals surface area contributed by atoms with E-state index in [9.17, 15) is 4.79 Å². The number of piperidine rings is 1. The normalized spacial score (nSPS) is 25.6. The lowest BCUT2D eigenvalue weighted by atomic mass is 9.64. The van der Waals surface area contributed by atoms with Crippen LogP contribution >= 0.6 is 11.6 Å². The number of carbonyl (C=O) groups excluding carboxylic acids is 1. The number of hydrogen-bond acceptors (Lipinski definition) is 5. The molecule has 0 radical (unpaired) electrons. The minimum Gasteiger partial charge on any atom is -0.423 e. The Balaban J connectivity index is 1.43. The summed E-state index contributed by atoms with van der Waals surface area (Å²) in [5.41, 5.74) is 0.833. The average Bonchev–Trinajstić information content (AvgIpc) is 3.34. The third-order valence-electron chi connectivity index (χ3n) is 5.85. The van der Waals surface area contributed by atoms with Crippen molar-refractivity contribution in [1.29, 1.82) is 0 Å². The summed E-state index contributed by atoms with van der Waals surface area (Å²) in [7, 11) is 0. The fraction of sp³-hybridized carbons (Fsp3) is 0.400. The van der Waals surface area contributed by atoms with Gasteiger partial charge in [-0.2, -0.15) is 5.10 Å². The van der Waals surface area contributed by atoms with Crippen LogP contribution in [0.5, 0.6) is 0 Å². The van der Waals surface area contributed by atoms with E-state index >= 15 is 0 Å². The average molecular weight is 413 g/mol. The maximum absolute atomic E-state index is 13.3. The van der Waals surface area contributed by atoms with Crippen molar-refractivity contribution in [3.8, 4) is 5.69 Å². The van der Waals surface area contributed by atoms with Gasteiger partial charge >= 0.3 is 6.03 Å². The van der Waals surface area contributed by atoms with Crippen LogP contribution in [0.4, 0.5) is 10.5 Å². The van der Waals surface area contributed by atoms with Crippen LogP contribution in [0.25, 0.3) is 5.69 Å². The van der Waals surface area contributed by atoms with Gasteiger partial charge in [-0.25, -0.2) is 9.48 Å². The highest BCUT2D eigenvalue weighted by atomic mass is 35.5. The molecule has 0 unspecified atom stereocenters. The molecule has 2 amide bonds. The fourth-order valence-corrected chi connectivity index (χ4v) is 5.00. The largest absolute Gasteiger partial charge is 0.423 e. The van der Waals surface area contributed by atoms with Crippen molar-refractivity contribution >= 4 is 23.3 Å². The summed E-state index contributed by atoms with van der Waals surface area (Å²) in [6, 6.07) is 7.18. The highest BCUT2D eigenvalue weighted by Crippen LogP contribution is 2.55. The second-order valence-electron chi connectivity index (χ2n) is 7.98. The summed E-state index contributed by atoms with van der Waals surface area (Å²) in [5.74, 6) is 1.53. The summed E-state index contributed by atoms with van der Waals surface area (Å²) < 4.78 is 7.42. The van der Waals surface area contributed by atoms with E-state index < -0.39 is 5.54 Å². The van der Waals surface area contributed by atoms with Crippen LogP contribution in [0, 0.1) is 12.8 Å². The van der Waals surface area contributed by atoms with E-state index in [2.05, 4.69) is 27.5 Å². The number of amides is 2. The van der Waals surface area contributed by atoms with Crippen molar-refractivity contribution in [2.75, 3.05) is 5.32 Å². The molecule has 29 heavy (non-hydrogen) atoms. The van der Waals surface area contributed by atoms with Crippen LogP contribution in [0.2, 0.25) is 5.02 Å². The monoisotopic (exact) mass is 412 g/mol. The highest BCUT2D eigenvalue weighted by Gasteiger charge is 2.62. The van der Waals surface area contributed by atoms with E-state index in [1.807, 2.05) is 17.0 Å². The topological polar surface area (TPSA) is 89.1 Å². The van der Waals surface area contributed by atoms with Crippen LogP contribution in [0.15, 0.2) is 41.1 Å². The van der Waals surface area contributed by atoms with Gasteiger partial charge in [-0.05, 0) is 43.0 Å². The van der Waals surface area contributed by atoms with Gasteiger partial charge in [0.1, 0.15) is 5.54 Å². The first-order valence-electron chi connectivity index (χ1n) is 9.67. The highest BCUT2D eigenvalue weighted by molar-refractivity contribution is 6.32. The number of nitrogens with zero attached hydrogens (tertiary/aromatic N) is 5. The van der Waals surface area contributed by atoms with Gasteiger partial charge in [0.15, 0.2) is 0 Å². The maximum Gasteiger partial charge on any atom is 0.323 e. The first kappa shape index (κ1) is 18.2. The molecule has 2 bridgehead atoms. The number of anilines is 1. The van der Waals surface area contributed by atoms with Gasteiger partial charge in [-0.3, -0.25) is 0 Å². The second-order valence-corrected chi connectivity index (χ2v) is 8.38. The molecule has 2 fully saturated rings. The molecule has 3 atom stereocenters. The lowest BCUT2D eigenvalue weighted by Gasteiger charge is -2.61. The van der Waals surface area contributed by atoms with E-state index in [0.29, 0.717) is 34.1 Å². The van der Waals surface area contributed by atoms with Gasteiger partial charge in [0.2, 0.25) is 11.8 Å². The molecule has 0 spiro atoms. The first-order valence-corrected chi connectivity index (χ1v) is 10.0.